The topological polar surface area (TPSA) is 16.4 Å². The van der Waals surface area contributed by atoms with Crippen LogP contribution >= 0.6 is 0 Å². The maximum Gasteiger partial charge on any atom is 0.136 e. The smallest absolute Gasteiger partial charge is 0.136 e. The number of nitrogens with zero attached hydrogens (tertiary/aromatic N) is 1. The van der Waals surface area contributed by atoms with Crippen LogP contribution in [-0.2, 0) is 5.41 Å². The molecule has 13 aromatic rings. The number of anilines is 3. The molecule has 1 aromatic heterocycles. The lowest BCUT2D eigenvalue weighted by Gasteiger charge is -2.34. The first-order valence-electron chi connectivity index (χ1n) is 25.2. The molecule has 0 spiro atoms. The molecule has 2 nitrogen and oxygen atoms in total. The highest BCUT2D eigenvalue weighted by Crippen LogP contribution is 2.57. The van der Waals surface area contributed by atoms with Crippen molar-refractivity contribution in [2.75, 3.05) is 4.90 Å². The van der Waals surface area contributed by atoms with E-state index < -0.39 is 5.41 Å². The molecule has 1 aliphatic rings. The fraction of sp³-hybridized carbons (Fsp3) is 0.0141. The van der Waals surface area contributed by atoms with Crippen molar-refractivity contribution in [3.05, 3.63) is 307 Å². The van der Waals surface area contributed by atoms with Crippen molar-refractivity contribution in [2.24, 2.45) is 0 Å². The van der Waals surface area contributed by atoms with Crippen molar-refractivity contribution in [1.82, 2.24) is 0 Å². The third-order valence-corrected chi connectivity index (χ3v) is 15.2. The number of hydrogen-bond acceptors (Lipinski definition) is 2. The maximum absolute atomic E-state index is 6.50. The van der Waals surface area contributed by atoms with Gasteiger partial charge in [0.15, 0.2) is 0 Å². The Kier molecular flexibility index (Phi) is 10.1. The van der Waals surface area contributed by atoms with Crippen LogP contribution in [-0.4, -0.2) is 0 Å². The van der Waals surface area contributed by atoms with E-state index in [9.17, 15) is 0 Å². The number of hydrogen-bond donors (Lipinski definition) is 0. The van der Waals surface area contributed by atoms with Crippen LogP contribution in [0.3, 0.4) is 0 Å². The van der Waals surface area contributed by atoms with Gasteiger partial charge in [-0.2, -0.15) is 0 Å². The van der Waals surface area contributed by atoms with Gasteiger partial charge >= 0.3 is 0 Å². The zero-order valence-electron chi connectivity index (χ0n) is 40.0. The molecule has 0 saturated carbocycles. The van der Waals surface area contributed by atoms with Crippen LogP contribution in [0.25, 0.3) is 88.3 Å². The Hall–Kier alpha value is -9.50. The van der Waals surface area contributed by atoms with Gasteiger partial charge in [0.1, 0.15) is 11.2 Å². The minimum atomic E-state index is -0.486. The van der Waals surface area contributed by atoms with Crippen LogP contribution < -0.4 is 4.90 Å². The second kappa shape index (κ2) is 17.4. The van der Waals surface area contributed by atoms with Gasteiger partial charge in [-0.15, -0.1) is 0 Å². The molecule has 0 radical (unpaired) electrons. The SMILES string of the molecule is c1ccc(-c2cccc3cccc(-c4ccccc4N(c4ccc(-c5ccc6c(c5)C(c5ccccc5)(c5ccccc5)c5ccccc5-6)cc4)c4ccccc4-c4cccc5oc6ccccc6c45)c23)cc1. The predicted molar refractivity (Wildman–Crippen MR) is 305 cm³/mol. The minimum Gasteiger partial charge on any atom is -0.456 e. The summed E-state index contributed by atoms with van der Waals surface area (Å²) in [6.07, 6.45) is 0. The summed E-state index contributed by atoms with van der Waals surface area (Å²) < 4.78 is 6.50. The van der Waals surface area contributed by atoms with Gasteiger partial charge in [0.2, 0.25) is 0 Å². The van der Waals surface area contributed by atoms with E-state index >= 15 is 0 Å². The summed E-state index contributed by atoms with van der Waals surface area (Å²) in [6.45, 7) is 0. The normalized spacial score (nSPS) is 12.5. The lowest BCUT2D eigenvalue weighted by atomic mass is 9.67. The molecule has 0 amide bonds. The zero-order valence-corrected chi connectivity index (χ0v) is 40.0. The summed E-state index contributed by atoms with van der Waals surface area (Å²) in [5.74, 6) is 0. The van der Waals surface area contributed by atoms with Gasteiger partial charge < -0.3 is 9.32 Å². The van der Waals surface area contributed by atoms with E-state index in [1.807, 2.05) is 6.07 Å². The minimum absolute atomic E-state index is 0.486. The summed E-state index contributed by atoms with van der Waals surface area (Å²) >= 11 is 0. The van der Waals surface area contributed by atoms with Crippen LogP contribution in [0.1, 0.15) is 22.3 Å². The number of benzene rings is 12. The standard InChI is InChI=1S/C71H47NO/c1-4-21-49(22-5-1)55-33-18-23-50-24-19-34-60(69(50)55)58-30-11-15-37-65(58)72(66-38-16-12-31-59(66)61-35-20-40-68-70(61)62-32-13-17-39-67(62)73-68)54-44-41-48(42-45-54)51-43-46-57-56-29-10-14-36-63(56)71(64(57)47-51,52-25-6-2-7-26-52)53-27-8-3-9-28-53/h1-47H. The summed E-state index contributed by atoms with van der Waals surface area (Å²) in [6, 6.07) is 104. The van der Waals surface area contributed by atoms with E-state index in [1.54, 1.807) is 0 Å². The quantitative estimate of drug-likeness (QED) is 0.143. The summed E-state index contributed by atoms with van der Waals surface area (Å²) in [4.78, 5) is 2.47. The number of fused-ring (bicyclic) bond motifs is 7. The molecule has 0 aliphatic heterocycles. The molecule has 2 heteroatoms. The third kappa shape index (κ3) is 6.79. The van der Waals surface area contributed by atoms with Crippen molar-refractivity contribution in [1.29, 1.82) is 0 Å². The average Bonchev–Trinajstić information content (AvgIpc) is 4.00. The van der Waals surface area contributed by atoms with Crippen molar-refractivity contribution in [3.8, 4) is 55.6 Å². The van der Waals surface area contributed by atoms with Crippen molar-refractivity contribution in [3.63, 3.8) is 0 Å². The number of para-hydroxylation sites is 3. The highest BCUT2D eigenvalue weighted by atomic mass is 16.3. The van der Waals surface area contributed by atoms with Crippen LogP contribution in [0, 0.1) is 0 Å². The Morgan fingerprint density at radius 1 is 0.288 bits per heavy atom. The molecule has 73 heavy (non-hydrogen) atoms. The summed E-state index contributed by atoms with van der Waals surface area (Å²) in [7, 11) is 0. The Bertz CT molecular complexity index is 4150. The van der Waals surface area contributed by atoms with E-state index in [1.165, 1.54) is 66.4 Å². The van der Waals surface area contributed by atoms with E-state index in [0.29, 0.717) is 0 Å². The third-order valence-electron chi connectivity index (χ3n) is 15.2. The van der Waals surface area contributed by atoms with E-state index in [2.05, 4.69) is 284 Å². The van der Waals surface area contributed by atoms with Crippen molar-refractivity contribution >= 4 is 49.8 Å². The first kappa shape index (κ1) is 42.4. The first-order chi connectivity index (χ1) is 36.2. The lowest BCUT2D eigenvalue weighted by molar-refractivity contribution is 0.669. The van der Waals surface area contributed by atoms with Gasteiger partial charge in [0, 0.05) is 27.6 Å². The number of rotatable bonds is 9. The molecule has 14 rings (SSSR count). The zero-order chi connectivity index (χ0) is 48.3. The van der Waals surface area contributed by atoms with E-state index in [-0.39, 0.29) is 0 Å². The Morgan fingerprint density at radius 3 is 1.47 bits per heavy atom. The van der Waals surface area contributed by atoms with Gasteiger partial charge in [-0.3, -0.25) is 0 Å². The molecule has 12 aromatic carbocycles. The summed E-state index contributed by atoms with van der Waals surface area (Å²) in [5.41, 5.74) is 21.4. The molecule has 1 heterocycles. The monoisotopic (exact) mass is 929 g/mol. The second-order valence-electron chi connectivity index (χ2n) is 19.1. The molecular weight excluding hydrogens is 883 g/mol. The summed E-state index contributed by atoms with van der Waals surface area (Å²) in [5, 5.41) is 4.63. The second-order valence-corrected chi connectivity index (χ2v) is 19.1. The Morgan fingerprint density at radius 2 is 0.781 bits per heavy atom. The molecule has 0 atom stereocenters. The molecule has 0 bridgehead atoms. The Labute approximate surface area is 425 Å². The fourth-order valence-electron chi connectivity index (χ4n) is 12.1. The van der Waals surface area contributed by atoms with Crippen LogP contribution in [0.2, 0.25) is 0 Å². The van der Waals surface area contributed by atoms with Gasteiger partial charge in [-0.1, -0.05) is 243 Å². The Balaban J connectivity index is 0.974. The van der Waals surface area contributed by atoms with Gasteiger partial charge in [0.05, 0.1) is 16.8 Å². The molecule has 0 unspecified atom stereocenters. The van der Waals surface area contributed by atoms with Crippen LogP contribution in [0.5, 0.6) is 0 Å². The highest BCUT2D eigenvalue weighted by molar-refractivity contribution is 6.14. The van der Waals surface area contributed by atoms with E-state index in [4.69, 9.17) is 4.42 Å². The van der Waals surface area contributed by atoms with Gasteiger partial charge in [-0.25, -0.2) is 0 Å². The first-order valence-corrected chi connectivity index (χ1v) is 25.2. The molecule has 0 fully saturated rings. The maximum atomic E-state index is 6.50. The highest BCUT2D eigenvalue weighted by Gasteiger charge is 2.46. The fourth-order valence-corrected chi connectivity index (χ4v) is 12.1. The average molecular weight is 930 g/mol. The molecular formula is C71H47NO. The van der Waals surface area contributed by atoms with E-state index in [0.717, 1.165) is 61.3 Å². The van der Waals surface area contributed by atoms with Gasteiger partial charge in [-0.05, 0) is 120 Å². The van der Waals surface area contributed by atoms with Gasteiger partial charge in [0.25, 0.3) is 0 Å². The lowest BCUT2D eigenvalue weighted by Crippen LogP contribution is -2.28. The van der Waals surface area contributed by atoms with Crippen molar-refractivity contribution < 1.29 is 4.42 Å². The molecule has 0 saturated heterocycles. The number of furan rings is 1. The molecule has 342 valence electrons. The van der Waals surface area contributed by atoms with Crippen LogP contribution in [0.15, 0.2) is 290 Å². The molecule has 1 aliphatic carbocycles. The largest absolute Gasteiger partial charge is 0.456 e. The van der Waals surface area contributed by atoms with Crippen LogP contribution in [0.4, 0.5) is 17.1 Å². The predicted octanol–water partition coefficient (Wildman–Crippen LogP) is 19.2. The van der Waals surface area contributed by atoms with Crippen molar-refractivity contribution in [2.45, 2.75) is 5.41 Å². The molecule has 0 N–H and O–H groups in total.